The molecule has 0 heterocycles. The molecule has 0 aromatic heterocycles. The van der Waals surface area contributed by atoms with Gasteiger partial charge >= 0.3 is 0 Å². The molecule has 0 amide bonds. The molecular weight excluding hydrogens is 217 g/mol. The second-order valence-corrected chi connectivity index (χ2v) is 6.70. The van der Waals surface area contributed by atoms with E-state index in [2.05, 4.69) is 0 Å². The maximum absolute atomic E-state index is 11.9. The van der Waals surface area contributed by atoms with Crippen LogP contribution >= 0.6 is 19.5 Å². The number of rotatable bonds is 3. The van der Waals surface area contributed by atoms with Gasteiger partial charge in [0.15, 0.2) is 0 Å². The van der Waals surface area contributed by atoms with E-state index in [1.165, 1.54) is 0 Å². The molecule has 0 aliphatic carbocycles. The summed E-state index contributed by atoms with van der Waals surface area (Å²) in [5.74, 6) is 0. The van der Waals surface area contributed by atoms with Gasteiger partial charge in [-0.15, -0.1) is 12.4 Å². The summed E-state index contributed by atoms with van der Waals surface area (Å²) in [4.78, 5) is 0. The Bertz CT molecular complexity index is 335. The van der Waals surface area contributed by atoms with E-state index in [4.69, 9.17) is 5.73 Å². The molecule has 0 atom stereocenters. The van der Waals surface area contributed by atoms with Crippen molar-refractivity contribution < 1.29 is 4.57 Å². The Morgan fingerprint density at radius 2 is 1.86 bits per heavy atom. The van der Waals surface area contributed by atoms with Crippen molar-refractivity contribution in [3.05, 3.63) is 29.8 Å². The van der Waals surface area contributed by atoms with Gasteiger partial charge in [-0.05, 0) is 31.9 Å². The van der Waals surface area contributed by atoms with Crippen molar-refractivity contribution in [2.24, 2.45) is 5.73 Å². The largest absolute Gasteiger partial charge is 0.330 e. The first-order valence-electron chi connectivity index (χ1n) is 4.39. The minimum atomic E-state index is -2.14. The van der Waals surface area contributed by atoms with Crippen LogP contribution in [0.25, 0.3) is 0 Å². The topological polar surface area (TPSA) is 43.1 Å². The molecule has 14 heavy (non-hydrogen) atoms. The smallest absolute Gasteiger partial charge is 0.110 e. The van der Waals surface area contributed by atoms with Crippen molar-refractivity contribution in [1.29, 1.82) is 0 Å². The molecule has 0 spiro atoms. The molecule has 2 N–H and O–H groups in total. The molecule has 0 aliphatic heterocycles. The van der Waals surface area contributed by atoms with Gasteiger partial charge in [0.25, 0.3) is 0 Å². The lowest BCUT2D eigenvalue weighted by Gasteiger charge is -2.12. The van der Waals surface area contributed by atoms with Gasteiger partial charge in [0.05, 0.1) is 0 Å². The maximum Gasteiger partial charge on any atom is 0.110 e. The molecule has 0 saturated carbocycles. The van der Waals surface area contributed by atoms with Crippen LogP contribution < -0.4 is 11.0 Å². The van der Waals surface area contributed by atoms with Crippen molar-refractivity contribution in [2.75, 3.05) is 19.9 Å². The van der Waals surface area contributed by atoms with E-state index in [0.29, 0.717) is 6.54 Å². The standard InChI is InChI=1S/C10H16NOP.ClH/c1-13(2,12)10-6-4-3-5-9(10)7-8-11;/h3-6H,7-8,11H2,1-2H3;1H. The third-order valence-corrected chi connectivity index (χ3v) is 3.58. The Labute approximate surface area is 91.7 Å². The molecule has 0 aliphatic rings. The molecule has 1 aromatic rings. The van der Waals surface area contributed by atoms with Gasteiger partial charge in [-0.1, -0.05) is 24.3 Å². The molecular formula is C10H17ClNOP. The van der Waals surface area contributed by atoms with E-state index in [1.54, 1.807) is 13.3 Å². The summed E-state index contributed by atoms with van der Waals surface area (Å²) < 4.78 is 11.9. The lowest BCUT2D eigenvalue weighted by atomic mass is 10.1. The van der Waals surface area contributed by atoms with Crippen LogP contribution in [0.2, 0.25) is 0 Å². The highest BCUT2D eigenvalue weighted by molar-refractivity contribution is 7.70. The van der Waals surface area contributed by atoms with E-state index in [9.17, 15) is 4.57 Å². The summed E-state index contributed by atoms with van der Waals surface area (Å²) in [6.07, 6.45) is 0.807. The van der Waals surface area contributed by atoms with Gasteiger partial charge in [-0.3, -0.25) is 0 Å². The molecule has 0 radical (unpaired) electrons. The Hall–Kier alpha value is -0.300. The first kappa shape index (κ1) is 13.7. The summed E-state index contributed by atoms with van der Waals surface area (Å²) in [5, 5.41) is 0.973. The number of benzene rings is 1. The third-order valence-electron chi connectivity index (χ3n) is 1.99. The van der Waals surface area contributed by atoms with Crippen LogP contribution in [0, 0.1) is 0 Å². The highest BCUT2D eigenvalue weighted by Crippen LogP contribution is 2.35. The van der Waals surface area contributed by atoms with Crippen LogP contribution in [0.5, 0.6) is 0 Å². The molecule has 0 unspecified atom stereocenters. The second kappa shape index (κ2) is 5.55. The van der Waals surface area contributed by atoms with E-state index in [0.717, 1.165) is 17.3 Å². The Morgan fingerprint density at radius 1 is 1.29 bits per heavy atom. The minimum Gasteiger partial charge on any atom is -0.330 e. The molecule has 0 fully saturated rings. The van der Waals surface area contributed by atoms with Gasteiger partial charge in [-0.2, -0.15) is 0 Å². The van der Waals surface area contributed by atoms with Gasteiger partial charge in [-0.25, -0.2) is 0 Å². The number of halogens is 1. The molecule has 1 rings (SSSR count). The zero-order valence-electron chi connectivity index (χ0n) is 8.56. The van der Waals surface area contributed by atoms with Crippen molar-refractivity contribution in [2.45, 2.75) is 6.42 Å². The SMILES string of the molecule is CP(C)(=O)c1ccccc1CCN.Cl. The van der Waals surface area contributed by atoms with Gasteiger partial charge in [0.2, 0.25) is 0 Å². The predicted octanol–water partition coefficient (Wildman–Crippen LogP) is 1.86. The lowest BCUT2D eigenvalue weighted by Crippen LogP contribution is -2.14. The molecule has 80 valence electrons. The molecule has 0 saturated heterocycles. The molecule has 4 heteroatoms. The van der Waals surface area contributed by atoms with E-state index >= 15 is 0 Å². The molecule has 2 nitrogen and oxygen atoms in total. The fraction of sp³-hybridized carbons (Fsp3) is 0.400. The van der Waals surface area contributed by atoms with Crippen LogP contribution in [0.1, 0.15) is 5.56 Å². The van der Waals surface area contributed by atoms with Crippen LogP contribution in [-0.2, 0) is 11.0 Å². The Kier molecular flexibility index (Phi) is 5.43. The van der Waals surface area contributed by atoms with Crippen molar-refractivity contribution in [3.8, 4) is 0 Å². The first-order chi connectivity index (χ1) is 6.05. The van der Waals surface area contributed by atoms with E-state index in [-0.39, 0.29) is 12.4 Å². The van der Waals surface area contributed by atoms with E-state index in [1.807, 2.05) is 24.3 Å². The Balaban J connectivity index is 0.00000169. The monoisotopic (exact) mass is 233 g/mol. The van der Waals surface area contributed by atoms with Gasteiger partial charge in [0, 0.05) is 5.30 Å². The van der Waals surface area contributed by atoms with Gasteiger partial charge < -0.3 is 10.3 Å². The van der Waals surface area contributed by atoms with Crippen LogP contribution in [0.15, 0.2) is 24.3 Å². The average Bonchev–Trinajstić information content (AvgIpc) is 2.04. The van der Waals surface area contributed by atoms with Crippen LogP contribution in [0.3, 0.4) is 0 Å². The first-order valence-corrected chi connectivity index (χ1v) is 6.99. The third kappa shape index (κ3) is 3.45. The number of hydrogen-bond donors (Lipinski definition) is 1. The average molecular weight is 234 g/mol. The van der Waals surface area contributed by atoms with Crippen molar-refractivity contribution in [1.82, 2.24) is 0 Å². The van der Waals surface area contributed by atoms with Crippen molar-refractivity contribution >= 4 is 24.9 Å². The number of nitrogens with two attached hydrogens (primary N) is 1. The van der Waals surface area contributed by atoms with Crippen molar-refractivity contribution in [3.63, 3.8) is 0 Å². The lowest BCUT2D eigenvalue weighted by molar-refractivity contribution is 0.588. The fourth-order valence-electron chi connectivity index (χ4n) is 1.40. The summed E-state index contributed by atoms with van der Waals surface area (Å²) in [6, 6.07) is 7.83. The Morgan fingerprint density at radius 3 is 2.36 bits per heavy atom. The zero-order chi connectivity index (χ0) is 9.90. The maximum atomic E-state index is 11.9. The second-order valence-electron chi connectivity index (χ2n) is 3.52. The number of hydrogen-bond acceptors (Lipinski definition) is 2. The summed E-state index contributed by atoms with van der Waals surface area (Å²) in [6.45, 7) is 4.20. The molecule has 1 aromatic carbocycles. The predicted molar refractivity (Wildman–Crippen MR) is 65.5 cm³/mol. The van der Waals surface area contributed by atoms with Gasteiger partial charge in [0.1, 0.15) is 7.14 Å². The highest BCUT2D eigenvalue weighted by atomic mass is 35.5. The minimum absolute atomic E-state index is 0. The summed E-state index contributed by atoms with van der Waals surface area (Å²) >= 11 is 0. The summed E-state index contributed by atoms with van der Waals surface area (Å²) in [5.41, 5.74) is 6.61. The zero-order valence-corrected chi connectivity index (χ0v) is 10.3. The van der Waals surface area contributed by atoms with Crippen LogP contribution in [-0.4, -0.2) is 19.9 Å². The molecule has 0 bridgehead atoms. The van der Waals surface area contributed by atoms with E-state index < -0.39 is 7.14 Å². The van der Waals surface area contributed by atoms with Crippen LogP contribution in [0.4, 0.5) is 0 Å². The summed E-state index contributed by atoms with van der Waals surface area (Å²) in [7, 11) is -2.14. The normalized spacial score (nSPS) is 10.8. The fourth-order valence-corrected chi connectivity index (χ4v) is 2.73. The quantitative estimate of drug-likeness (QED) is 0.810. The highest BCUT2D eigenvalue weighted by Gasteiger charge is 2.14.